The van der Waals surface area contributed by atoms with Gasteiger partial charge in [0, 0.05) is 6.07 Å². The van der Waals surface area contributed by atoms with Crippen LogP contribution in [0.3, 0.4) is 0 Å². The van der Waals surface area contributed by atoms with Crippen LogP contribution in [0.1, 0.15) is 22.5 Å². The molecule has 0 aliphatic heterocycles. The molecular formula is C8H3F5N2O4. The molecule has 0 fully saturated rings. The van der Waals surface area contributed by atoms with Crippen molar-refractivity contribution < 1.29 is 36.4 Å². The molecule has 6 nitrogen and oxygen atoms in total. The summed E-state index contributed by atoms with van der Waals surface area (Å²) < 4.78 is 64.4. The van der Waals surface area contributed by atoms with Crippen molar-refractivity contribution >= 4 is 12.1 Å². The van der Waals surface area contributed by atoms with Crippen LogP contribution < -0.4 is 4.74 Å². The molecule has 104 valence electrons. The third-order valence-corrected chi connectivity index (χ3v) is 1.77. The van der Waals surface area contributed by atoms with Crippen molar-refractivity contribution in [1.82, 2.24) is 4.98 Å². The molecule has 19 heavy (non-hydrogen) atoms. The van der Waals surface area contributed by atoms with Crippen LogP contribution in [0.15, 0.2) is 6.07 Å². The topological polar surface area (TPSA) is 82.3 Å². The predicted molar refractivity (Wildman–Crippen MR) is 47.9 cm³/mol. The molecule has 0 saturated carbocycles. The van der Waals surface area contributed by atoms with Crippen LogP contribution >= 0.6 is 0 Å². The third-order valence-electron chi connectivity index (χ3n) is 1.77. The van der Waals surface area contributed by atoms with E-state index < -0.39 is 40.5 Å². The average molecular weight is 286 g/mol. The first kappa shape index (κ1) is 14.7. The van der Waals surface area contributed by atoms with Crippen LogP contribution in [0.2, 0.25) is 0 Å². The fourth-order valence-corrected chi connectivity index (χ4v) is 1.12. The highest BCUT2D eigenvalue weighted by atomic mass is 19.4. The summed E-state index contributed by atoms with van der Waals surface area (Å²) in [4.78, 5) is 22.5. The van der Waals surface area contributed by atoms with E-state index in [1.54, 1.807) is 0 Å². The summed E-state index contributed by atoms with van der Waals surface area (Å²) in [5.41, 5.74) is -2.68. The van der Waals surface area contributed by atoms with E-state index in [-0.39, 0.29) is 12.4 Å². The smallest absolute Gasteiger partial charge is 0.400 e. The number of pyridine rings is 1. The first-order chi connectivity index (χ1) is 8.65. The van der Waals surface area contributed by atoms with Crippen molar-refractivity contribution in [3.63, 3.8) is 0 Å². The zero-order valence-electron chi connectivity index (χ0n) is 8.65. The van der Waals surface area contributed by atoms with Gasteiger partial charge in [0.25, 0.3) is 12.1 Å². The maximum Gasteiger partial charge on any atom is 0.573 e. The lowest BCUT2D eigenvalue weighted by Crippen LogP contribution is -2.20. The number of halogens is 5. The van der Waals surface area contributed by atoms with Crippen LogP contribution in [0.5, 0.6) is 5.75 Å². The molecule has 0 aliphatic rings. The van der Waals surface area contributed by atoms with E-state index in [2.05, 4.69) is 9.72 Å². The van der Waals surface area contributed by atoms with Crippen LogP contribution in [-0.2, 0) is 0 Å². The molecule has 11 heteroatoms. The highest BCUT2D eigenvalue weighted by Gasteiger charge is 2.37. The lowest BCUT2D eigenvalue weighted by atomic mass is 10.2. The summed E-state index contributed by atoms with van der Waals surface area (Å²) in [6.07, 6.45) is -9.21. The molecule has 0 aliphatic carbocycles. The van der Waals surface area contributed by atoms with Gasteiger partial charge in [0.1, 0.15) is 0 Å². The minimum Gasteiger partial charge on any atom is -0.400 e. The molecule has 0 atom stereocenters. The van der Waals surface area contributed by atoms with Crippen LogP contribution in [0, 0.1) is 10.1 Å². The van der Waals surface area contributed by atoms with E-state index >= 15 is 0 Å². The average Bonchev–Trinajstić information content (AvgIpc) is 2.26. The van der Waals surface area contributed by atoms with Crippen LogP contribution in [-0.4, -0.2) is 22.6 Å². The Morgan fingerprint density at radius 2 is 2.00 bits per heavy atom. The molecule has 1 heterocycles. The molecular weight excluding hydrogens is 283 g/mol. The molecule has 1 aromatic heterocycles. The number of carbonyl (C=O) groups excluding carboxylic acids is 1. The van der Waals surface area contributed by atoms with Crippen LogP contribution in [0.4, 0.5) is 27.8 Å². The quantitative estimate of drug-likeness (QED) is 0.368. The Morgan fingerprint density at radius 3 is 2.37 bits per heavy atom. The Bertz CT molecular complexity index is 517. The second kappa shape index (κ2) is 5.12. The highest BCUT2D eigenvalue weighted by molar-refractivity contribution is 5.78. The first-order valence-corrected chi connectivity index (χ1v) is 4.34. The maximum absolute atomic E-state index is 12.5. The molecule has 0 unspecified atom stereocenters. The Labute approximate surface area is 101 Å². The Hall–Kier alpha value is -2.33. The predicted octanol–water partition coefficient (Wildman–Crippen LogP) is 2.64. The molecule has 0 saturated heterocycles. The molecule has 1 aromatic rings. The van der Waals surface area contributed by atoms with Gasteiger partial charge in [-0.05, 0) is 9.91 Å². The number of nitrogens with zero attached hydrogens (tertiary/aromatic N) is 2. The molecule has 0 amide bonds. The van der Waals surface area contributed by atoms with E-state index in [1.807, 2.05) is 0 Å². The van der Waals surface area contributed by atoms with Gasteiger partial charge in [-0.25, -0.2) is 8.78 Å². The summed E-state index contributed by atoms with van der Waals surface area (Å²) in [5, 5.41) is 10.4. The third kappa shape index (κ3) is 3.56. The second-order valence-electron chi connectivity index (χ2n) is 3.01. The van der Waals surface area contributed by atoms with Gasteiger partial charge in [0.2, 0.25) is 0 Å². The summed E-state index contributed by atoms with van der Waals surface area (Å²) in [6.45, 7) is 0. The number of carbonyl (C=O) groups is 1. The van der Waals surface area contributed by atoms with Crippen LogP contribution in [0.25, 0.3) is 0 Å². The Morgan fingerprint density at radius 1 is 1.42 bits per heavy atom. The summed E-state index contributed by atoms with van der Waals surface area (Å²) in [7, 11) is 0. The normalized spacial score (nSPS) is 11.5. The summed E-state index contributed by atoms with van der Waals surface area (Å²) in [5.74, 6) is -2.74. The zero-order valence-corrected chi connectivity index (χ0v) is 8.65. The number of nitro groups is 1. The van der Waals surface area contributed by atoms with E-state index in [0.29, 0.717) is 0 Å². The lowest BCUT2D eigenvalue weighted by molar-refractivity contribution is -0.389. The maximum atomic E-state index is 12.5. The van der Waals surface area contributed by atoms with Gasteiger partial charge in [0.15, 0.2) is 12.0 Å². The molecule has 0 bridgehead atoms. The van der Waals surface area contributed by atoms with Gasteiger partial charge >= 0.3 is 12.2 Å². The van der Waals surface area contributed by atoms with Crippen molar-refractivity contribution in [2.45, 2.75) is 12.8 Å². The van der Waals surface area contributed by atoms with Gasteiger partial charge in [-0.1, -0.05) is 0 Å². The fraction of sp³-hybridized carbons (Fsp3) is 0.250. The highest BCUT2D eigenvalue weighted by Crippen LogP contribution is 2.36. The second-order valence-corrected chi connectivity index (χ2v) is 3.01. The van der Waals surface area contributed by atoms with Crippen molar-refractivity contribution in [2.75, 3.05) is 0 Å². The molecule has 1 rings (SSSR count). The zero-order chi connectivity index (χ0) is 14.8. The number of alkyl halides is 5. The van der Waals surface area contributed by atoms with E-state index in [4.69, 9.17) is 0 Å². The molecule has 0 spiro atoms. The van der Waals surface area contributed by atoms with E-state index in [0.717, 1.165) is 0 Å². The summed E-state index contributed by atoms with van der Waals surface area (Å²) in [6, 6.07) is 0.110. The molecule has 0 N–H and O–H groups in total. The number of aromatic nitrogens is 1. The van der Waals surface area contributed by atoms with Gasteiger partial charge in [-0.3, -0.25) is 4.79 Å². The van der Waals surface area contributed by atoms with E-state index in [1.165, 1.54) is 0 Å². The van der Waals surface area contributed by atoms with E-state index in [9.17, 15) is 36.9 Å². The largest absolute Gasteiger partial charge is 0.573 e. The van der Waals surface area contributed by atoms with Gasteiger partial charge in [0.05, 0.1) is 5.56 Å². The standard InChI is InChI=1S/C8H3F5N2O4/c9-7(10)3-1-5(15(17)18)14-4(2-16)6(3)19-8(11,12)13/h1-2,7H. The number of hydrogen-bond acceptors (Lipinski definition) is 5. The molecule has 0 aromatic carbocycles. The minimum atomic E-state index is -5.35. The molecule has 0 radical (unpaired) electrons. The van der Waals surface area contributed by atoms with Crippen molar-refractivity contribution in [2.24, 2.45) is 0 Å². The number of hydrogen-bond donors (Lipinski definition) is 0. The van der Waals surface area contributed by atoms with Gasteiger partial charge in [-0.2, -0.15) is 0 Å². The van der Waals surface area contributed by atoms with Crippen molar-refractivity contribution in [3.8, 4) is 5.75 Å². The fourth-order valence-electron chi connectivity index (χ4n) is 1.12. The monoisotopic (exact) mass is 286 g/mol. The Balaban J connectivity index is 3.49. The lowest BCUT2D eigenvalue weighted by Gasteiger charge is -2.12. The first-order valence-electron chi connectivity index (χ1n) is 4.34. The SMILES string of the molecule is O=Cc1nc([N+](=O)[O-])cc(C(F)F)c1OC(F)(F)F. The van der Waals surface area contributed by atoms with Crippen molar-refractivity contribution in [1.29, 1.82) is 0 Å². The number of ether oxygens (including phenoxy) is 1. The Kier molecular flexibility index (Phi) is 3.97. The minimum absolute atomic E-state index is 0.110. The van der Waals surface area contributed by atoms with Gasteiger partial charge < -0.3 is 14.9 Å². The number of rotatable bonds is 4. The summed E-state index contributed by atoms with van der Waals surface area (Å²) >= 11 is 0. The van der Waals surface area contributed by atoms with Gasteiger partial charge in [-0.15, -0.1) is 13.2 Å². The number of aldehydes is 1. The van der Waals surface area contributed by atoms with Crippen molar-refractivity contribution in [3.05, 3.63) is 27.4 Å².